The third-order valence-corrected chi connectivity index (χ3v) is 6.26. The van der Waals surface area contributed by atoms with Crippen LogP contribution in [-0.4, -0.2) is 37.2 Å². The van der Waals surface area contributed by atoms with Crippen molar-refractivity contribution in [3.63, 3.8) is 0 Å². The highest BCUT2D eigenvalue weighted by Crippen LogP contribution is 2.27. The first-order chi connectivity index (χ1) is 10.3. The van der Waals surface area contributed by atoms with Gasteiger partial charge in [0.15, 0.2) is 0 Å². The van der Waals surface area contributed by atoms with E-state index in [1.165, 1.54) is 19.2 Å². The minimum Gasteiger partial charge on any atom is -0.310 e. The number of aromatic nitrogens is 1. The van der Waals surface area contributed by atoms with Crippen molar-refractivity contribution in [3.8, 4) is 0 Å². The normalized spacial score (nSPS) is 11.6. The molecule has 0 spiro atoms. The van der Waals surface area contributed by atoms with Crippen LogP contribution in [0.25, 0.3) is 0 Å². The number of carbonyl (C=O) groups is 1. The number of thiophene rings is 1. The molecule has 0 aromatic carbocycles. The average molecular weight is 360 g/mol. The van der Waals surface area contributed by atoms with Crippen molar-refractivity contribution >= 4 is 44.7 Å². The molecule has 2 aromatic rings. The molecule has 0 saturated carbocycles. The van der Waals surface area contributed by atoms with E-state index < -0.39 is 15.9 Å². The predicted octanol–water partition coefficient (Wildman–Crippen LogP) is 2.36. The van der Waals surface area contributed by atoms with E-state index in [1.54, 1.807) is 18.3 Å². The molecule has 22 heavy (non-hydrogen) atoms. The molecular weight excluding hydrogens is 346 g/mol. The lowest BCUT2D eigenvalue weighted by Crippen LogP contribution is -2.34. The van der Waals surface area contributed by atoms with Crippen LogP contribution in [0.3, 0.4) is 0 Å². The Morgan fingerprint density at radius 1 is 1.41 bits per heavy atom. The molecule has 0 saturated heterocycles. The van der Waals surface area contributed by atoms with E-state index in [0.29, 0.717) is 10.2 Å². The molecule has 2 rings (SSSR count). The van der Waals surface area contributed by atoms with Crippen molar-refractivity contribution in [3.05, 3.63) is 40.4 Å². The zero-order valence-electron chi connectivity index (χ0n) is 11.9. The minimum atomic E-state index is -3.73. The van der Waals surface area contributed by atoms with Crippen molar-refractivity contribution in [1.29, 1.82) is 0 Å². The Hall–Kier alpha value is -1.48. The van der Waals surface area contributed by atoms with Crippen molar-refractivity contribution in [2.24, 2.45) is 0 Å². The van der Waals surface area contributed by atoms with Gasteiger partial charge in [0.05, 0.1) is 10.9 Å². The van der Waals surface area contributed by atoms with Gasteiger partial charge in [0, 0.05) is 13.2 Å². The van der Waals surface area contributed by atoms with Gasteiger partial charge in [-0.1, -0.05) is 11.6 Å². The van der Waals surface area contributed by atoms with E-state index >= 15 is 0 Å². The number of nitrogens with zero attached hydrogens (tertiary/aromatic N) is 2. The Morgan fingerprint density at radius 3 is 2.73 bits per heavy atom. The molecule has 0 unspecified atom stereocenters. The van der Waals surface area contributed by atoms with E-state index in [4.69, 9.17) is 11.6 Å². The largest absolute Gasteiger partial charge is 0.310 e. The molecule has 0 radical (unpaired) electrons. The van der Waals surface area contributed by atoms with Crippen molar-refractivity contribution in [2.45, 2.75) is 11.1 Å². The maximum Gasteiger partial charge on any atom is 0.252 e. The van der Waals surface area contributed by atoms with E-state index in [1.807, 2.05) is 6.92 Å². The average Bonchev–Trinajstić information content (AvgIpc) is 2.85. The summed E-state index contributed by atoms with van der Waals surface area (Å²) in [6, 6.07) is 6.42. The number of pyridine rings is 1. The lowest BCUT2D eigenvalue weighted by Gasteiger charge is -2.15. The van der Waals surface area contributed by atoms with Gasteiger partial charge in [-0.3, -0.25) is 4.79 Å². The van der Waals surface area contributed by atoms with Crippen LogP contribution in [0.1, 0.15) is 5.56 Å². The summed E-state index contributed by atoms with van der Waals surface area (Å²) in [5, 5.41) is 2.56. The molecule has 0 aliphatic carbocycles. The molecule has 1 N–H and O–H groups in total. The quantitative estimate of drug-likeness (QED) is 0.888. The number of amides is 1. The Labute approximate surface area is 137 Å². The number of aryl methyl sites for hydroxylation is 1. The Balaban J connectivity index is 2.05. The molecule has 2 heterocycles. The van der Waals surface area contributed by atoms with Crippen LogP contribution in [0.2, 0.25) is 4.34 Å². The highest BCUT2D eigenvalue weighted by atomic mass is 35.5. The fourth-order valence-corrected chi connectivity index (χ4v) is 4.48. The molecular formula is C13H14ClN3O3S2. The number of likely N-dealkylation sites (N-methyl/N-ethyl adjacent to an activating group) is 1. The molecule has 0 bridgehead atoms. The van der Waals surface area contributed by atoms with E-state index in [9.17, 15) is 13.2 Å². The molecule has 9 heteroatoms. The zero-order chi connectivity index (χ0) is 16.3. The number of halogens is 1. The number of hydrogen-bond donors (Lipinski definition) is 1. The smallest absolute Gasteiger partial charge is 0.252 e. The van der Waals surface area contributed by atoms with Crippen LogP contribution in [0.5, 0.6) is 0 Å². The Bertz CT molecular complexity index is 789. The standard InChI is InChI=1S/C13H14ClN3O3S2/c1-9-5-6-15-11(7-9)16-12(18)8-17(2)22(19,20)13-4-3-10(14)21-13/h3-7H,8H2,1-2H3,(H,15,16,18). The Kier molecular flexibility index (Phi) is 5.17. The van der Waals surface area contributed by atoms with Crippen molar-refractivity contribution in [1.82, 2.24) is 9.29 Å². The van der Waals surface area contributed by atoms with Gasteiger partial charge < -0.3 is 5.32 Å². The number of nitrogens with one attached hydrogen (secondary N) is 1. The van der Waals surface area contributed by atoms with E-state index in [0.717, 1.165) is 21.2 Å². The van der Waals surface area contributed by atoms with Gasteiger partial charge >= 0.3 is 0 Å². The van der Waals surface area contributed by atoms with Crippen LogP contribution < -0.4 is 5.32 Å². The van der Waals surface area contributed by atoms with Crippen LogP contribution in [0, 0.1) is 6.92 Å². The summed E-state index contributed by atoms with van der Waals surface area (Å²) >= 11 is 6.69. The first-order valence-electron chi connectivity index (χ1n) is 6.23. The summed E-state index contributed by atoms with van der Waals surface area (Å²) in [5.41, 5.74) is 0.944. The molecule has 6 nitrogen and oxygen atoms in total. The second-order valence-electron chi connectivity index (χ2n) is 4.59. The minimum absolute atomic E-state index is 0.0986. The van der Waals surface area contributed by atoms with Gasteiger partial charge in [-0.15, -0.1) is 11.3 Å². The monoisotopic (exact) mass is 359 g/mol. The van der Waals surface area contributed by atoms with E-state index in [-0.39, 0.29) is 10.8 Å². The highest BCUT2D eigenvalue weighted by molar-refractivity contribution is 7.91. The molecule has 0 aliphatic rings. The number of hydrogen-bond acceptors (Lipinski definition) is 5. The molecule has 0 atom stereocenters. The topological polar surface area (TPSA) is 79.4 Å². The van der Waals surface area contributed by atoms with Crippen LogP contribution >= 0.6 is 22.9 Å². The molecule has 118 valence electrons. The van der Waals surface area contributed by atoms with Crippen LogP contribution in [-0.2, 0) is 14.8 Å². The van der Waals surface area contributed by atoms with Gasteiger partial charge in [0.25, 0.3) is 10.0 Å². The number of anilines is 1. The lowest BCUT2D eigenvalue weighted by molar-refractivity contribution is -0.116. The summed E-state index contributed by atoms with van der Waals surface area (Å²) in [4.78, 5) is 15.9. The predicted molar refractivity (Wildman–Crippen MR) is 86.7 cm³/mol. The first-order valence-corrected chi connectivity index (χ1v) is 8.86. The van der Waals surface area contributed by atoms with Gasteiger partial charge in [0.1, 0.15) is 10.0 Å². The summed E-state index contributed by atoms with van der Waals surface area (Å²) in [6.45, 7) is 1.56. The fraction of sp³-hybridized carbons (Fsp3) is 0.231. The number of rotatable bonds is 5. The second kappa shape index (κ2) is 6.74. The maximum absolute atomic E-state index is 12.3. The van der Waals surface area contributed by atoms with Crippen molar-refractivity contribution < 1.29 is 13.2 Å². The van der Waals surface area contributed by atoms with Crippen LogP contribution in [0.15, 0.2) is 34.7 Å². The summed E-state index contributed by atoms with van der Waals surface area (Å²) in [7, 11) is -2.39. The number of carbonyl (C=O) groups excluding carboxylic acids is 1. The maximum atomic E-state index is 12.3. The second-order valence-corrected chi connectivity index (χ2v) is 8.57. The number of sulfonamides is 1. The zero-order valence-corrected chi connectivity index (χ0v) is 14.3. The third-order valence-electron chi connectivity index (χ3n) is 2.76. The SMILES string of the molecule is Cc1ccnc(NC(=O)CN(C)S(=O)(=O)c2ccc(Cl)s2)c1. The van der Waals surface area contributed by atoms with Crippen LogP contribution in [0.4, 0.5) is 5.82 Å². The van der Waals surface area contributed by atoms with Gasteiger partial charge in [-0.2, -0.15) is 4.31 Å². The van der Waals surface area contributed by atoms with Gasteiger partial charge in [-0.05, 0) is 36.8 Å². The third kappa shape index (κ3) is 4.04. The highest BCUT2D eigenvalue weighted by Gasteiger charge is 2.24. The Morgan fingerprint density at radius 2 is 2.14 bits per heavy atom. The van der Waals surface area contributed by atoms with Gasteiger partial charge in [0.2, 0.25) is 5.91 Å². The molecule has 1 amide bonds. The van der Waals surface area contributed by atoms with Gasteiger partial charge in [-0.25, -0.2) is 13.4 Å². The van der Waals surface area contributed by atoms with E-state index in [2.05, 4.69) is 10.3 Å². The lowest BCUT2D eigenvalue weighted by atomic mass is 10.3. The fourth-order valence-electron chi connectivity index (χ4n) is 1.66. The molecule has 0 fully saturated rings. The summed E-state index contributed by atoms with van der Waals surface area (Å²) < 4.78 is 26.0. The summed E-state index contributed by atoms with van der Waals surface area (Å²) in [6.07, 6.45) is 1.57. The molecule has 2 aromatic heterocycles. The first kappa shape index (κ1) is 16.9. The molecule has 0 aliphatic heterocycles. The summed E-state index contributed by atoms with van der Waals surface area (Å²) in [5.74, 6) is -0.0817. The van der Waals surface area contributed by atoms with Crippen molar-refractivity contribution in [2.75, 3.05) is 18.9 Å².